The lowest BCUT2D eigenvalue weighted by Gasteiger charge is -2.39. The fourth-order valence-corrected chi connectivity index (χ4v) is 2.59. The summed E-state index contributed by atoms with van der Waals surface area (Å²) < 4.78 is 5.39. The molecule has 1 saturated heterocycles. The topological polar surface area (TPSA) is 58.8 Å². The second-order valence-electron chi connectivity index (χ2n) is 6.21. The fraction of sp³-hybridized carbons (Fsp3) is 0.857. The number of nitrogens with zero attached hydrogens (tertiary/aromatic N) is 2. The standard InChI is InChI=1S/C14H27N3O2S/c1-5-6-11(12(15)20)16-7-9-17(10-8-16)13(18)19-14(2,3)4/h11H,5-10H2,1-4H3,(H2,15,20). The van der Waals surface area contributed by atoms with Gasteiger partial charge in [-0.25, -0.2) is 4.79 Å². The Morgan fingerprint density at radius 2 is 1.85 bits per heavy atom. The summed E-state index contributed by atoms with van der Waals surface area (Å²) in [5.74, 6) is 0. The molecule has 0 aromatic carbocycles. The zero-order valence-electron chi connectivity index (χ0n) is 13.0. The number of ether oxygens (including phenoxy) is 1. The summed E-state index contributed by atoms with van der Waals surface area (Å²) >= 11 is 5.15. The molecule has 1 heterocycles. The van der Waals surface area contributed by atoms with E-state index in [4.69, 9.17) is 22.7 Å². The summed E-state index contributed by atoms with van der Waals surface area (Å²) in [5, 5.41) is 0. The minimum atomic E-state index is -0.447. The van der Waals surface area contributed by atoms with E-state index in [2.05, 4.69) is 11.8 Å². The Balaban J connectivity index is 2.50. The first-order valence-electron chi connectivity index (χ1n) is 7.26. The number of nitrogens with two attached hydrogens (primary N) is 1. The lowest BCUT2D eigenvalue weighted by atomic mass is 10.1. The van der Waals surface area contributed by atoms with Crippen LogP contribution in [0, 0.1) is 0 Å². The van der Waals surface area contributed by atoms with Crippen LogP contribution in [0.5, 0.6) is 0 Å². The van der Waals surface area contributed by atoms with Crippen molar-refractivity contribution in [2.24, 2.45) is 5.73 Å². The predicted octanol–water partition coefficient (Wildman–Crippen LogP) is 1.99. The number of hydrogen-bond acceptors (Lipinski definition) is 4. The fourth-order valence-electron chi connectivity index (χ4n) is 2.32. The highest BCUT2D eigenvalue weighted by Crippen LogP contribution is 2.15. The van der Waals surface area contributed by atoms with Gasteiger partial charge in [0.25, 0.3) is 0 Å². The first-order valence-corrected chi connectivity index (χ1v) is 7.66. The van der Waals surface area contributed by atoms with Crippen molar-refractivity contribution in [2.45, 2.75) is 52.2 Å². The zero-order valence-corrected chi connectivity index (χ0v) is 13.8. The van der Waals surface area contributed by atoms with Gasteiger partial charge >= 0.3 is 6.09 Å². The van der Waals surface area contributed by atoms with E-state index in [9.17, 15) is 4.79 Å². The van der Waals surface area contributed by atoms with E-state index in [-0.39, 0.29) is 12.1 Å². The number of carbonyl (C=O) groups is 1. The van der Waals surface area contributed by atoms with Crippen LogP contribution in [0.2, 0.25) is 0 Å². The third-order valence-corrected chi connectivity index (χ3v) is 3.57. The van der Waals surface area contributed by atoms with E-state index in [0.29, 0.717) is 18.1 Å². The molecule has 1 aliphatic rings. The summed E-state index contributed by atoms with van der Waals surface area (Å²) in [7, 11) is 0. The van der Waals surface area contributed by atoms with Gasteiger partial charge in [0, 0.05) is 26.2 Å². The molecule has 5 nitrogen and oxygen atoms in total. The minimum absolute atomic E-state index is 0.149. The molecule has 0 spiro atoms. The third kappa shape index (κ3) is 5.25. The first-order chi connectivity index (χ1) is 9.24. The molecule has 116 valence electrons. The highest BCUT2D eigenvalue weighted by Gasteiger charge is 2.29. The molecule has 1 fully saturated rings. The molecule has 6 heteroatoms. The number of carbonyl (C=O) groups excluding carboxylic acids is 1. The molecule has 0 bridgehead atoms. The number of amides is 1. The molecule has 0 aromatic rings. The minimum Gasteiger partial charge on any atom is -0.444 e. The summed E-state index contributed by atoms with van der Waals surface area (Å²) in [6, 6.07) is 0.149. The van der Waals surface area contributed by atoms with Gasteiger partial charge in [-0.15, -0.1) is 0 Å². The first kappa shape index (κ1) is 17.2. The van der Waals surface area contributed by atoms with E-state index >= 15 is 0 Å². The number of thiocarbonyl (C=S) groups is 1. The summed E-state index contributed by atoms with van der Waals surface area (Å²) in [6.07, 6.45) is 1.79. The molecule has 2 N–H and O–H groups in total. The van der Waals surface area contributed by atoms with Gasteiger partial charge in [0.15, 0.2) is 0 Å². The highest BCUT2D eigenvalue weighted by atomic mass is 32.1. The van der Waals surface area contributed by atoms with Gasteiger partial charge < -0.3 is 15.4 Å². The Morgan fingerprint density at radius 3 is 2.25 bits per heavy atom. The van der Waals surface area contributed by atoms with Crippen molar-refractivity contribution in [1.29, 1.82) is 0 Å². The van der Waals surface area contributed by atoms with Gasteiger partial charge in [0.2, 0.25) is 0 Å². The van der Waals surface area contributed by atoms with Crippen molar-refractivity contribution in [3.8, 4) is 0 Å². The van der Waals surface area contributed by atoms with Crippen molar-refractivity contribution >= 4 is 23.3 Å². The molecular formula is C14H27N3O2S. The average molecular weight is 301 g/mol. The Labute approximate surface area is 127 Å². The molecule has 20 heavy (non-hydrogen) atoms. The largest absolute Gasteiger partial charge is 0.444 e. The Morgan fingerprint density at radius 1 is 1.30 bits per heavy atom. The van der Waals surface area contributed by atoms with E-state index in [1.807, 2.05) is 20.8 Å². The van der Waals surface area contributed by atoms with Crippen LogP contribution < -0.4 is 5.73 Å². The van der Waals surface area contributed by atoms with Gasteiger partial charge in [-0.2, -0.15) is 0 Å². The van der Waals surface area contributed by atoms with Crippen molar-refractivity contribution < 1.29 is 9.53 Å². The van der Waals surface area contributed by atoms with E-state index in [1.54, 1.807) is 4.90 Å². The van der Waals surface area contributed by atoms with Crippen LogP contribution in [0.25, 0.3) is 0 Å². The van der Waals surface area contributed by atoms with Gasteiger partial charge in [0.05, 0.1) is 11.0 Å². The van der Waals surface area contributed by atoms with Gasteiger partial charge in [-0.1, -0.05) is 25.6 Å². The molecule has 0 radical (unpaired) electrons. The van der Waals surface area contributed by atoms with Crippen molar-refractivity contribution in [1.82, 2.24) is 9.80 Å². The second kappa shape index (κ2) is 7.22. The second-order valence-corrected chi connectivity index (χ2v) is 6.68. The summed E-state index contributed by atoms with van der Waals surface area (Å²) in [6.45, 7) is 10.7. The molecule has 1 rings (SSSR count). The molecule has 1 amide bonds. The monoisotopic (exact) mass is 301 g/mol. The third-order valence-electron chi connectivity index (χ3n) is 3.30. The maximum absolute atomic E-state index is 12.0. The number of hydrogen-bond donors (Lipinski definition) is 1. The van der Waals surface area contributed by atoms with E-state index in [0.717, 1.165) is 25.9 Å². The van der Waals surface area contributed by atoms with Gasteiger partial charge in [0.1, 0.15) is 5.60 Å². The zero-order chi connectivity index (χ0) is 15.3. The van der Waals surface area contributed by atoms with Crippen LogP contribution in [0.4, 0.5) is 4.79 Å². The molecule has 0 aliphatic carbocycles. The van der Waals surface area contributed by atoms with Crippen LogP contribution in [-0.2, 0) is 4.74 Å². The average Bonchev–Trinajstić information content (AvgIpc) is 2.33. The Kier molecular flexibility index (Phi) is 6.20. The normalized spacial score (nSPS) is 18.7. The maximum Gasteiger partial charge on any atom is 0.410 e. The molecular weight excluding hydrogens is 274 g/mol. The van der Waals surface area contributed by atoms with Gasteiger partial charge in [-0.05, 0) is 27.2 Å². The van der Waals surface area contributed by atoms with Crippen LogP contribution in [0.1, 0.15) is 40.5 Å². The van der Waals surface area contributed by atoms with Crippen LogP contribution in [0.3, 0.4) is 0 Å². The van der Waals surface area contributed by atoms with Crippen molar-refractivity contribution in [3.05, 3.63) is 0 Å². The molecule has 1 aliphatic heterocycles. The van der Waals surface area contributed by atoms with Crippen LogP contribution in [0.15, 0.2) is 0 Å². The summed E-state index contributed by atoms with van der Waals surface area (Å²) in [4.78, 5) is 16.6. The van der Waals surface area contributed by atoms with Crippen LogP contribution in [-0.4, -0.2) is 58.7 Å². The maximum atomic E-state index is 12.0. The van der Waals surface area contributed by atoms with Crippen molar-refractivity contribution in [2.75, 3.05) is 26.2 Å². The molecule has 1 atom stereocenters. The predicted molar refractivity (Wildman–Crippen MR) is 84.9 cm³/mol. The SMILES string of the molecule is CCCC(C(N)=S)N1CCN(C(=O)OC(C)(C)C)CC1. The number of piperazine rings is 1. The van der Waals surface area contributed by atoms with E-state index < -0.39 is 5.60 Å². The van der Waals surface area contributed by atoms with Gasteiger partial charge in [-0.3, -0.25) is 4.90 Å². The Hall–Kier alpha value is -0.880. The molecule has 0 aromatic heterocycles. The highest BCUT2D eigenvalue weighted by molar-refractivity contribution is 7.80. The van der Waals surface area contributed by atoms with Crippen molar-refractivity contribution in [3.63, 3.8) is 0 Å². The number of rotatable bonds is 4. The summed E-state index contributed by atoms with van der Waals surface area (Å²) in [5.41, 5.74) is 5.37. The lowest BCUT2D eigenvalue weighted by Crippen LogP contribution is -2.55. The van der Waals surface area contributed by atoms with Crippen LogP contribution >= 0.6 is 12.2 Å². The smallest absolute Gasteiger partial charge is 0.410 e. The molecule has 0 saturated carbocycles. The quantitative estimate of drug-likeness (QED) is 0.805. The van der Waals surface area contributed by atoms with E-state index in [1.165, 1.54) is 0 Å². The lowest BCUT2D eigenvalue weighted by molar-refractivity contribution is 0.0127. The Bertz CT molecular complexity index is 347. The molecule has 1 unspecified atom stereocenters.